The number of hydrogen-bond acceptors (Lipinski definition) is 5. The van der Waals surface area contributed by atoms with Gasteiger partial charge in [0.25, 0.3) is 0 Å². The fraction of sp³-hybridized carbons (Fsp3) is 0.417. The lowest BCUT2D eigenvalue weighted by molar-refractivity contribution is -0.121. The van der Waals surface area contributed by atoms with E-state index in [1.54, 1.807) is 12.1 Å². The fourth-order valence-electron chi connectivity index (χ4n) is 1.36. The molecule has 0 aliphatic carbocycles. The number of hydrogen-bond donors (Lipinski definition) is 3. The smallest absolute Gasteiger partial charge is 0.221 e. The van der Waals surface area contributed by atoms with Gasteiger partial charge in [-0.25, -0.2) is 4.98 Å². The maximum Gasteiger partial charge on any atom is 0.221 e. The summed E-state index contributed by atoms with van der Waals surface area (Å²) in [7, 11) is 0. The molecule has 0 spiro atoms. The second-order valence-corrected chi connectivity index (χ2v) is 4.15. The summed E-state index contributed by atoms with van der Waals surface area (Å²) < 4.78 is 0. The molecule has 0 bridgehead atoms. The van der Waals surface area contributed by atoms with Crippen LogP contribution in [-0.2, 0) is 4.79 Å². The largest absolute Gasteiger partial charge is 0.396 e. The van der Waals surface area contributed by atoms with Crippen LogP contribution in [0.2, 0.25) is 0 Å². The summed E-state index contributed by atoms with van der Waals surface area (Å²) in [6, 6.07) is 5.33. The molecule has 1 rings (SSSR count). The van der Waals surface area contributed by atoms with Gasteiger partial charge in [-0.2, -0.15) is 5.26 Å². The molecule has 1 aromatic rings. The third-order valence-electron chi connectivity index (χ3n) is 2.14. The number of nitrogens with zero attached hydrogens (tertiary/aromatic N) is 2. The van der Waals surface area contributed by atoms with E-state index in [4.69, 9.17) is 11.0 Å². The average molecular weight is 247 g/mol. The SMILES string of the molecule is CC(C)NC(=O)CCNc1ccc(N)c(C#N)n1. The van der Waals surface area contributed by atoms with E-state index >= 15 is 0 Å². The van der Waals surface area contributed by atoms with Gasteiger partial charge in [0.15, 0.2) is 5.69 Å². The minimum absolute atomic E-state index is 0.0200. The molecule has 0 unspecified atom stereocenters. The number of pyridine rings is 1. The molecule has 0 aliphatic heterocycles. The van der Waals surface area contributed by atoms with E-state index in [1.807, 2.05) is 19.9 Å². The van der Waals surface area contributed by atoms with Crippen molar-refractivity contribution in [2.45, 2.75) is 26.3 Å². The summed E-state index contributed by atoms with van der Waals surface area (Å²) in [4.78, 5) is 15.4. The molecule has 0 fully saturated rings. The van der Waals surface area contributed by atoms with Crippen molar-refractivity contribution in [3.05, 3.63) is 17.8 Å². The van der Waals surface area contributed by atoms with Crippen molar-refractivity contribution in [2.24, 2.45) is 0 Å². The highest BCUT2D eigenvalue weighted by atomic mass is 16.1. The molecule has 0 aromatic carbocycles. The van der Waals surface area contributed by atoms with Gasteiger partial charge in [0.2, 0.25) is 5.91 Å². The predicted molar refractivity (Wildman–Crippen MR) is 69.7 cm³/mol. The van der Waals surface area contributed by atoms with E-state index in [0.717, 1.165) is 0 Å². The molecule has 6 nitrogen and oxygen atoms in total. The first kappa shape index (κ1) is 13.8. The molecule has 18 heavy (non-hydrogen) atoms. The summed E-state index contributed by atoms with van der Waals surface area (Å²) in [5.41, 5.74) is 6.09. The van der Waals surface area contributed by atoms with Crippen LogP contribution >= 0.6 is 0 Å². The second kappa shape index (κ2) is 6.45. The van der Waals surface area contributed by atoms with Crippen molar-refractivity contribution in [1.29, 1.82) is 5.26 Å². The summed E-state index contributed by atoms with van der Waals surface area (Å²) in [6.07, 6.45) is 0.353. The lowest BCUT2D eigenvalue weighted by Crippen LogP contribution is -2.31. The van der Waals surface area contributed by atoms with Crippen molar-refractivity contribution >= 4 is 17.4 Å². The Morgan fingerprint density at radius 3 is 2.89 bits per heavy atom. The van der Waals surface area contributed by atoms with E-state index in [9.17, 15) is 4.79 Å². The van der Waals surface area contributed by atoms with Crippen molar-refractivity contribution in [1.82, 2.24) is 10.3 Å². The van der Waals surface area contributed by atoms with Crippen LogP contribution in [0.1, 0.15) is 26.0 Å². The Morgan fingerprint density at radius 1 is 1.56 bits per heavy atom. The molecular weight excluding hydrogens is 230 g/mol. The van der Waals surface area contributed by atoms with Gasteiger partial charge in [-0.05, 0) is 26.0 Å². The Balaban J connectivity index is 2.45. The highest BCUT2D eigenvalue weighted by Gasteiger charge is 2.04. The topological polar surface area (TPSA) is 104 Å². The Morgan fingerprint density at radius 2 is 2.28 bits per heavy atom. The van der Waals surface area contributed by atoms with E-state index in [1.165, 1.54) is 0 Å². The molecule has 0 aliphatic rings. The third kappa shape index (κ3) is 4.29. The van der Waals surface area contributed by atoms with Gasteiger partial charge in [-0.15, -0.1) is 0 Å². The van der Waals surface area contributed by atoms with Crippen molar-refractivity contribution in [2.75, 3.05) is 17.6 Å². The van der Waals surface area contributed by atoms with Gasteiger partial charge >= 0.3 is 0 Å². The van der Waals surface area contributed by atoms with Gasteiger partial charge in [-0.3, -0.25) is 4.79 Å². The van der Waals surface area contributed by atoms with Crippen LogP contribution in [0, 0.1) is 11.3 Å². The molecule has 0 radical (unpaired) electrons. The Bertz CT molecular complexity index is 464. The molecule has 1 amide bonds. The number of carbonyl (C=O) groups excluding carboxylic acids is 1. The number of nitriles is 1. The zero-order valence-electron chi connectivity index (χ0n) is 10.5. The van der Waals surface area contributed by atoms with Crippen molar-refractivity contribution < 1.29 is 4.79 Å². The molecule has 6 heteroatoms. The molecular formula is C12H17N5O. The number of nitrogen functional groups attached to an aromatic ring is 1. The van der Waals surface area contributed by atoms with Crippen molar-refractivity contribution in [3.63, 3.8) is 0 Å². The summed E-state index contributed by atoms with van der Waals surface area (Å²) in [5, 5.41) is 14.5. The minimum atomic E-state index is -0.0200. The highest BCUT2D eigenvalue weighted by molar-refractivity contribution is 5.76. The molecule has 4 N–H and O–H groups in total. The van der Waals surface area contributed by atoms with E-state index in [0.29, 0.717) is 24.5 Å². The van der Waals surface area contributed by atoms with Gasteiger partial charge in [-0.1, -0.05) is 0 Å². The Hall–Kier alpha value is -2.29. The first-order chi connectivity index (χ1) is 8.52. The fourth-order valence-corrected chi connectivity index (χ4v) is 1.36. The average Bonchev–Trinajstić information content (AvgIpc) is 2.30. The molecule has 1 aromatic heterocycles. The number of nitrogens with one attached hydrogen (secondary N) is 2. The summed E-state index contributed by atoms with van der Waals surface area (Å²) in [5.74, 6) is 0.520. The number of rotatable bonds is 5. The molecule has 0 saturated carbocycles. The maximum absolute atomic E-state index is 11.4. The summed E-state index contributed by atoms with van der Waals surface area (Å²) in [6.45, 7) is 4.28. The van der Waals surface area contributed by atoms with Crippen LogP contribution in [-0.4, -0.2) is 23.5 Å². The monoisotopic (exact) mass is 247 g/mol. The number of anilines is 2. The molecule has 96 valence electrons. The van der Waals surface area contributed by atoms with Crippen LogP contribution in [0.25, 0.3) is 0 Å². The van der Waals surface area contributed by atoms with Crippen molar-refractivity contribution in [3.8, 4) is 6.07 Å². The van der Waals surface area contributed by atoms with Gasteiger partial charge < -0.3 is 16.4 Å². The number of aromatic nitrogens is 1. The quantitative estimate of drug-likeness (QED) is 0.716. The second-order valence-electron chi connectivity index (χ2n) is 4.15. The number of carbonyl (C=O) groups is 1. The third-order valence-corrected chi connectivity index (χ3v) is 2.14. The highest BCUT2D eigenvalue weighted by Crippen LogP contribution is 2.11. The number of amides is 1. The zero-order chi connectivity index (χ0) is 13.5. The zero-order valence-corrected chi connectivity index (χ0v) is 10.5. The van der Waals surface area contributed by atoms with E-state index in [-0.39, 0.29) is 17.6 Å². The first-order valence-electron chi connectivity index (χ1n) is 5.72. The van der Waals surface area contributed by atoms with Gasteiger partial charge in [0, 0.05) is 19.0 Å². The maximum atomic E-state index is 11.4. The minimum Gasteiger partial charge on any atom is -0.396 e. The van der Waals surface area contributed by atoms with Crippen LogP contribution in [0.15, 0.2) is 12.1 Å². The van der Waals surface area contributed by atoms with E-state index in [2.05, 4.69) is 15.6 Å². The lowest BCUT2D eigenvalue weighted by Gasteiger charge is -2.09. The predicted octanol–water partition coefficient (Wildman–Crippen LogP) is 0.862. The molecule has 0 saturated heterocycles. The van der Waals surface area contributed by atoms with Crippen LogP contribution < -0.4 is 16.4 Å². The summed E-state index contributed by atoms with van der Waals surface area (Å²) >= 11 is 0. The standard InChI is InChI=1S/C12H17N5O/c1-8(2)16-12(18)5-6-15-11-4-3-9(14)10(7-13)17-11/h3-4,8H,5-6,14H2,1-2H3,(H,15,17)(H,16,18). The van der Waals surface area contributed by atoms with E-state index < -0.39 is 0 Å². The number of nitrogens with two attached hydrogens (primary N) is 1. The Labute approximate surface area is 106 Å². The van der Waals surface area contributed by atoms with Crippen LogP contribution in [0.5, 0.6) is 0 Å². The molecule has 0 atom stereocenters. The van der Waals surface area contributed by atoms with Gasteiger partial charge in [0.1, 0.15) is 11.9 Å². The normalized spacial score (nSPS) is 9.89. The Kier molecular flexibility index (Phi) is 4.93. The van der Waals surface area contributed by atoms with Crippen LogP contribution in [0.4, 0.5) is 11.5 Å². The molecule has 1 heterocycles. The van der Waals surface area contributed by atoms with Gasteiger partial charge in [0.05, 0.1) is 5.69 Å². The first-order valence-corrected chi connectivity index (χ1v) is 5.72. The lowest BCUT2D eigenvalue weighted by atomic mass is 10.3. The van der Waals surface area contributed by atoms with Crippen LogP contribution in [0.3, 0.4) is 0 Å².